The molecule has 1 heterocycles. The minimum Gasteiger partial charge on any atom is -0.496 e. The first-order chi connectivity index (χ1) is 8.15. The number of methoxy groups -OCH3 is 2. The first-order valence-electron chi connectivity index (χ1n) is 5.09. The summed E-state index contributed by atoms with van der Waals surface area (Å²) in [5, 5.41) is 0. The number of rotatable bonds is 3. The van der Waals surface area contributed by atoms with Gasteiger partial charge >= 0.3 is 0 Å². The van der Waals surface area contributed by atoms with E-state index in [-0.39, 0.29) is 0 Å². The number of benzene rings is 1. The van der Waals surface area contributed by atoms with Gasteiger partial charge in [-0.3, -0.25) is 0 Å². The van der Waals surface area contributed by atoms with E-state index in [4.69, 9.17) is 9.47 Å². The second kappa shape index (κ2) is 4.79. The number of halogens is 1. The van der Waals surface area contributed by atoms with Crippen LogP contribution in [0.1, 0.15) is 5.69 Å². The molecule has 1 aromatic carbocycles. The van der Waals surface area contributed by atoms with Crippen LogP contribution in [-0.2, 0) is 0 Å². The Labute approximate surface area is 108 Å². The topological polar surface area (TPSA) is 47.1 Å². The van der Waals surface area contributed by atoms with Gasteiger partial charge in [-0.05, 0) is 19.1 Å². The van der Waals surface area contributed by atoms with Gasteiger partial charge in [-0.2, -0.15) is 0 Å². The Hall–Kier alpha value is -1.49. The van der Waals surface area contributed by atoms with Crippen LogP contribution in [0.15, 0.2) is 22.8 Å². The first kappa shape index (κ1) is 12.0. The summed E-state index contributed by atoms with van der Waals surface area (Å²) >= 11 is 3.42. The number of hydrogen-bond donors (Lipinski definition) is 1. The fourth-order valence-electron chi connectivity index (χ4n) is 1.65. The van der Waals surface area contributed by atoms with Gasteiger partial charge in [0, 0.05) is 16.4 Å². The highest BCUT2D eigenvalue weighted by atomic mass is 79.9. The normalized spacial score (nSPS) is 10.4. The zero-order chi connectivity index (χ0) is 12.4. The highest BCUT2D eigenvalue weighted by Crippen LogP contribution is 2.39. The Bertz CT molecular complexity index is 512. The second-order valence-corrected chi connectivity index (χ2v) is 4.52. The Morgan fingerprint density at radius 3 is 2.18 bits per heavy atom. The maximum atomic E-state index is 5.36. The van der Waals surface area contributed by atoms with Crippen molar-refractivity contribution in [2.45, 2.75) is 6.92 Å². The molecule has 0 bridgehead atoms. The third-order valence-electron chi connectivity index (χ3n) is 2.41. The average Bonchev–Trinajstić information content (AvgIpc) is 2.74. The molecule has 0 aliphatic heterocycles. The predicted molar refractivity (Wildman–Crippen MR) is 69.6 cm³/mol. The Morgan fingerprint density at radius 1 is 1.18 bits per heavy atom. The molecular weight excluding hydrogens is 284 g/mol. The number of aryl methyl sites for hydroxylation is 1. The van der Waals surface area contributed by atoms with Crippen LogP contribution in [-0.4, -0.2) is 24.2 Å². The highest BCUT2D eigenvalue weighted by molar-refractivity contribution is 9.10. The molecule has 0 radical (unpaired) electrons. The van der Waals surface area contributed by atoms with Gasteiger partial charge < -0.3 is 14.5 Å². The van der Waals surface area contributed by atoms with E-state index < -0.39 is 0 Å². The minimum absolute atomic E-state index is 0.713. The number of H-pyrrole nitrogens is 1. The minimum atomic E-state index is 0.713. The van der Waals surface area contributed by atoms with E-state index in [1.54, 1.807) is 20.4 Å². The van der Waals surface area contributed by atoms with Gasteiger partial charge in [-0.1, -0.05) is 15.9 Å². The molecule has 0 amide bonds. The van der Waals surface area contributed by atoms with Crippen LogP contribution in [0.2, 0.25) is 0 Å². The number of imidazole rings is 1. The van der Waals surface area contributed by atoms with Crippen molar-refractivity contribution in [3.05, 3.63) is 28.5 Å². The van der Waals surface area contributed by atoms with E-state index in [0.717, 1.165) is 21.6 Å². The third kappa shape index (κ3) is 2.29. The molecule has 0 aliphatic carbocycles. The molecule has 0 aliphatic rings. The molecule has 0 spiro atoms. The first-order valence-corrected chi connectivity index (χ1v) is 5.88. The lowest BCUT2D eigenvalue weighted by atomic mass is 10.1. The number of aromatic nitrogens is 2. The van der Waals surface area contributed by atoms with Crippen molar-refractivity contribution in [2.75, 3.05) is 14.2 Å². The van der Waals surface area contributed by atoms with Gasteiger partial charge in [0.05, 0.1) is 14.2 Å². The largest absolute Gasteiger partial charge is 0.496 e. The van der Waals surface area contributed by atoms with Crippen LogP contribution < -0.4 is 9.47 Å². The third-order valence-corrected chi connectivity index (χ3v) is 2.87. The molecule has 2 rings (SSSR count). The smallest absolute Gasteiger partial charge is 0.145 e. The number of hydrogen-bond acceptors (Lipinski definition) is 3. The molecule has 5 heteroatoms. The van der Waals surface area contributed by atoms with Gasteiger partial charge in [0.25, 0.3) is 0 Å². The van der Waals surface area contributed by atoms with Crippen molar-refractivity contribution in [1.82, 2.24) is 9.97 Å². The molecular formula is C12H13BrN2O2. The summed E-state index contributed by atoms with van der Waals surface area (Å²) in [6.45, 7) is 1.95. The summed E-state index contributed by atoms with van der Waals surface area (Å²) < 4.78 is 11.6. The summed E-state index contributed by atoms with van der Waals surface area (Å²) in [7, 11) is 3.25. The van der Waals surface area contributed by atoms with Gasteiger partial charge in [-0.15, -0.1) is 0 Å². The van der Waals surface area contributed by atoms with Crippen molar-refractivity contribution < 1.29 is 9.47 Å². The molecule has 1 N–H and O–H groups in total. The molecule has 2 aromatic rings. The van der Waals surface area contributed by atoms with Crippen LogP contribution in [0.4, 0.5) is 0 Å². The average molecular weight is 297 g/mol. The van der Waals surface area contributed by atoms with Gasteiger partial charge in [0.1, 0.15) is 22.9 Å². The summed E-state index contributed by atoms with van der Waals surface area (Å²) in [4.78, 5) is 7.48. The van der Waals surface area contributed by atoms with E-state index in [0.29, 0.717) is 11.5 Å². The second-order valence-electron chi connectivity index (χ2n) is 3.60. The Kier molecular flexibility index (Phi) is 3.38. The molecule has 0 unspecified atom stereocenters. The van der Waals surface area contributed by atoms with Gasteiger partial charge in [0.2, 0.25) is 0 Å². The van der Waals surface area contributed by atoms with E-state index in [2.05, 4.69) is 25.9 Å². The summed E-state index contributed by atoms with van der Waals surface area (Å²) in [5.41, 5.74) is 1.82. The van der Waals surface area contributed by atoms with E-state index >= 15 is 0 Å². The van der Waals surface area contributed by atoms with Crippen molar-refractivity contribution in [3.8, 4) is 22.9 Å². The molecule has 0 fully saturated rings. The van der Waals surface area contributed by atoms with E-state index in [9.17, 15) is 0 Å². The van der Waals surface area contributed by atoms with Crippen molar-refractivity contribution in [1.29, 1.82) is 0 Å². The lowest BCUT2D eigenvalue weighted by molar-refractivity contribution is 0.396. The predicted octanol–water partition coefficient (Wildman–Crippen LogP) is 3.16. The molecule has 0 saturated heterocycles. The Morgan fingerprint density at radius 2 is 1.76 bits per heavy atom. The monoisotopic (exact) mass is 296 g/mol. The fourth-order valence-corrected chi connectivity index (χ4v) is 2.07. The SMILES string of the molecule is COc1cc(Br)cc(OC)c1-c1ncc(C)[nH]1. The standard InChI is InChI=1S/C12H13BrN2O2/c1-7-6-14-12(15-7)11-9(16-2)4-8(13)5-10(11)17-3/h4-6H,1-3H3,(H,14,15). The molecule has 4 nitrogen and oxygen atoms in total. The van der Waals surface area contributed by atoms with Gasteiger partial charge in [0.15, 0.2) is 0 Å². The maximum absolute atomic E-state index is 5.36. The fraction of sp³-hybridized carbons (Fsp3) is 0.250. The Balaban J connectivity index is 2.65. The summed E-state index contributed by atoms with van der Waals surface area (Å²) in [6, 6.07) is 3.77. The highest BCUT2D eigenvalue weighted by Gasteiger charge is 2.16. The number of ether oxygens (including phenoxy) is 2. The van der Waals surface area contributed by atoms with Crippen molar-refractivity contribution >= 4 is 15.9 Å². The van der Waals surface area contributed by atoms with E-state index in [1.807, 2.05) is 19.1 Å². The van der Waals surface area contributed by atoms with Crippen LogP contribution in [0.25, 0.3) is 11.4 Å². The zero-order valence-electron chi connectivity index (χ0n) is 9.87. The van der Waals surface area contributed by atoms with Crippen molar-refractivity contribution in [2.24, 2.45) is 0 Å². The summed E-state index contributed by atoms with van der Waals surface area (Å²) in [6.07, 6.45) is 1.77. The van der Waals surface area contributed by atoms with Gasteiger partial charge in [-0.25, -0.2) is 4.98 Å². The lowest BCUT2D eigenvalue weighted by Crippen LogP contribution is -1.94. The van der Waals surface area contributed by atoms with Crippen LogP contribution in [0.3, 0.4) is 0 Å². The number of nitrogens with zero attached hydrogens (tertiary/aromatic N) is 1. The number of nitrogens with one attached hydrogen (secondary N) is 1. The lowest BCUT2D eigenvalue weighted by Gasteiger charge is -2.12. The molecule has 0 saturated carbocycles. The van der Waals surface area contributed by atoms with Crippen LogP contribution >= 0.6 is 15.9 Å². The quantitative estimate of drug-likeness (QED) is 0.946. The molecule has 1 aromatic heterocycles. The summed E-state index contributed by atoms with van der Waals surface area (Å²) in [5.74, 6) is 2.17. The van der Waals surface area contributed by atoms with Crippen LogP contribution in [0, 0.1) is 6.92 Å². The molecule has 90 valence electrons. The maximum Gasteiger partial charge on any atom is 0.145 e. The zero-order valence-corrected chi connectivity index (χ0v) is 11.5. The molecule has 17 heavy (non-hydrogen) atoms. The van der Waals surface area contributed by atoms with Crippen molar-refractivity contribution in [3.63, 3.8) is 0 Å². The molecule has 0 atom stereocenters. The van der Waals surface area contributed by atoms with Crippen LogP contribution in [0.5, 0.6) is 11.5 Å². The van der Waals surface area contributed by atoms with E-state index in [1.165, 1.54) is 0 Å². The number of aromatic amines is 1.